The van der Waals surface area contributed by atoms with E-state index in [1.807, 2.05) is 7.05 Å². The third-order valence-corrected chi connectivity index (χ3v) is 3.50. The van der Waals surface area contributed by atoms with Crippen LogP contribution in [0.4, 0.5) is 11.5 Å². The maximum atomic E-state index is 6.11. The molecule has 2 heterocycles. The first-order valence-electron chi connectivity index (χ1n) is 7.24. The number of hydrogen-bond acceptors (Lipinski definition) is 6. The van der Waals surface area contributed by atoms with Gasteiger partial charge in [-0.15, -0.1) is 0 Å². The average Bonchev–Trinajstić information content (AvgIpc) is 2.47. The molecule has 1 aliphatic rings. The summed E-state index contributed by atoms with van der Waals surface area (Å²) in [6.45, 7) is 5.29. The molecule has 1 aliphatic heterocycles. The molecule has 0 spiro atoms. The fourth-order valence-electron chi connectivity index (χ4n) is 2.39. The molecule has 1 aromatic rings. The molecule has 0 aromatic carbocycles. The van der Waals surface area contributed by atoms with Crippen molar-refractivity contribution in [1.29, 1.82) is 0 Å². The normalized spacial score (nSPS) is 16.1. The standard InChI is InChI=1S/C14H24N4O2/c1-3-6-20-14-12(15)13(16-10-17-14)18(2)9-11-4-7-19-8-5-11/h10-11H,3-9,15H2,1-2H3. The molecular formula is C14H24N4O2. The highest BCUT2D eigenvalue weighted by Crippen LogP contribution is 2.28. The minimum atomic E-state index is 0.482. The van der Waals surface area contributed by atoms with Crippen molar-refractivity contribution >= 4 is 11.5 Å². The Bertz CT molecular complexity index is 422. The third-order valence-electron chi connectivity index (χ3n) is 3.50. The van der Waals surface area contributed by atoms with Gasteiger partial charge in [0.05, 0.1) is 6.61 Å². The van der Waals surface area contributed by atoms with Crippen molar-refractivity contribution < 1.29 is 9.47 Å². The van der Waals surface area contributed by atoms with Crippen LogP contribution in [-0.2, 0) is 4.74 Å². The van der Waals surface area contributed by atoms with E-state index < -0.39 is 0 Å². The second kappa shape index (κ2) is 7.28. The summed E-state index contributed by atoms with van der Waals surface area (Å²) >= 11 is 0. The van der Waals surface area contributed by atoms with E-state index in [1.54, 1.807) is 0 Å². The van der Waals surface area contributed by atoms with Crippen molar-refractivity contribution in [2.75, 3.05) is 44.0 Å². The maximum Gasteiger partial charge on any atom is 0.242 e. The van der Waals surface area contributed by atoms with Gasteiger partial charge >= 0.3 is 0 Å². The van der Waals surface area contributed by atoms with Crippen molar-refractivity contribution in [2.45, 2.75) is 26.2 Å². The molecule has 0 bridgehead atoms. The molecule has 112 valence electrons. The Labute approximate surface area is 120 Å². The van der Waals surface area contributed by atoms with Crippen LogP contribution >= 0.6 is 0 Å². The first-order chi connectivity index (χ1) is 9.72. The van der Waals surface area contributed by atoms with E-state index in [0.29, 0.717) is 24.1 Å². The van der Waals surface area contributed by atoms with Gasteiger partial charge in [-0.3, -0.25) is 0 Å². The Morgan fingerprint density at radius 3 is 2.85 bits per heavy atom. The molecule has 6 nitrogen and oxygen atoms in total. The van der Waals surface area contributed by atoms with Gasteiger partial charge in [0.25, 0.3) is 0 Å². The van der Waals surface area contributed by atoms with E-state index in [0.717, 1.165) is 44.8 Å². The predicted molar refractivity (Wildman–Crippen MR) is 79.0 cm³/mol. The van der Waals surface area contributed by atoms with Gasteiger partial charge in [-0.2, -0.15) is 4.98 Å². The topological polar surface area (TPSA) is 73.5 Å². The molecular weight excluding hydrogens is 256 g/mol. The molecule has 0 atom stereocenters. The van der Waals surface area contributed by atoms with Gasteiger partial charge < -0.3 is 20.1 Å². The number of nitrogens with zero attached hydrogens (tertiary/aromatic N) is 3. The molecule has 0 saturated carbocycles. The van der Waals surface area contributed by atoms with E-state index in [2.05, 4.69) is 21.8 Å². The summed E-state index contributed by atoms with van der Waals surface area (Å²) in [7, 11) is 2.01. The highest BCUT2D eigenvalue weighted by Gasteiger charge is 2.19. The van der Waals surface area contributed by atoms with Crippen LogP contribution in [0, 0.1) is 5.92 Å². The van der Waals surface area contributed by atoms with E-state index >= 15 is 0 Å². The number of aromatic nitrogens is 2. The zero-order valence-corrected chi connectivity index (χ0v) is 12.3. The molecule has 1 aromatic heterocycles. The van der Waals surface area contributed by atoms with Gasteiger partial charge in [0.15, 0.2) is 5.82 Å². The fourth-order valence-corrected chi connectivity index (χ4v) is 2.39. The lowest BCUT2D eigenvalue weighted by molar-refractivity contribution is 0.0685. The molecule has 2 N–H and O–H groups in total. The van der Waals surface area contributed by atoms with Crippen LogP contribution in [0.2, 0.25) is 0 Å². The minimum absolute atomic E-state index is 0.482. The van der Waals surface area contributed by atoms with Gasteiger partial charge in [0, 0.05) is 26.8 Å². The van der Waals surface area contributed by atoms with Crippen LogP contribution in [0.15, 0.2) is 6.33 Å². The second-order valence-electron chi connectivity index (χ2n) is 5.20. The third kappa shape index (κ3) is 3.72. The zero-order valence-electron chi connectivity index (χ0n) is 12.3. The van der Waals surface area contributed by atoms with Crippen LogP contribution in [0.3, 0.4) is 0 Å². The van der Waals surface area contributed by atoms with Crippen molar-refractivity contribution in [3.8, 4) is 5.88 Å². The molecule has 6 heteroatoms. The molecule has 0 amide bonds. The van der Waals surface area contributed by atoms with Gasteiger partial charge in [-0.05, 0) is 25.2 Å². The van der Waals surface area contributed by atoms with E-state index in [4.69, 9.17) is 15.2 Å². The molecule has 1 saturated heterocycles. The highest BCUT2D eigenvalue weighted by molar-refractivity contribution is 5.67. The first kappa shape index (κ1) is 14.8. The number of anilines is 2. The molecule has 0 aliphatic carbocycles. The monoisotopic (exact) mass is 280 g/mol. The number of nitrogen functional groups attached to an aromatic ring is 1. The molecule has 20 heavy (non-hydrogen) atoms. The van der Waals surface area contributed by atoms with Crippen LogP contribution in [-0.4, -0.2) is 43.4 Å². The van der Waals surface area contributed by atoms with Gasteiger partial charge in [-0.1, -0.05) is 6.92 Å². The number of nitrogens with two attached hydrogens (primary N) is 1. The molecule has 1 fully saturated rings. The second-order valence-corrected chi connectivity index (χ2v) is 5.20. The molecule has 0 radical (unpaired) electrons. The zero-order chi connectivity index (χ0) is 14.4. The van der Waals surface area contributed by atoms with Gasteiger partial charge in [0.2, 0.25) is 5.88 Å². The highest BCUT2D eigenvalue weighted by atomic mass is 16.5. The van der Waals surface area contributed by atoms with Crippen molar-refractivity contribution in [2.24, 2.45) is 5.92 Å². The number of rotatable bonds is 6. The summed E-state index contributed by atoms with van der Waals surface area (Å²) in [5, 5.41) is 0. The quantitative estimate of drug-likeness (QED) is 0.855. The van der Waals surface area contributed by atoms with Crippen LogP contribution in [0.1, 0.15) is 26.2 Å². The first-order valence-corrected chi connectivity index (χ1v) is 7.24. The lowest BCUT2D eigenvalue weighted by atomic mass is 10.00. The number of ether oxygens (including phenoxy) is 2. The Balaban J connectivity index is 2.02. The van der Waals surface area contributed by atoms with E-state index in [1.165, 1.54) is 6.33 Å². The van der Waals surface area contributed by atoms with Crippen LogP contribution < -0.4 is 15.4 Å². The Morgan fingerprint density at radius 2 is 2.15 bits per heavy atom. The van der Waals surface area contributed by atoms with E-state index in [-0.39, 0.29) is 0 Å². The SMILES string of the molecule is CCCOc1ncnc(N(C)CC2CCOCC2)c1N. The minimum Gasteiger partial charge on any atom is -0.476 e. The van der Waals surface area contributed by atoms with Crippen molar-refractivity contribution in [3.05, 3.63) is 6.33 Å². The fraction of sp³-hybridized carbons (Fsp3) is 0.714. The lowest BCUT2D eigenvalue weighted by Gasteiger charge is -2.28. The predicted octanol–water partition coefficient (Wildman–Crippen LogP) is 1.71. The Kier molecular flexibility index (Phi) is 5.40. The summed E-state index contributed by atoms with van der Waals surface area (Å²) < 4.78 is 10.9. The summed E-state index contributed by atoms with van der Waals surface area (Å²) in [5.74, 6) is 1.86. The summed E-state index contributed by atoms with van der Waals surface area (Å²) in [5.41, 5.74) is 6.64. The Hall–Kier alpha value is -1.56. The van der Waals surface area contributed by atoms with Crippen molar-refractivity contribution in [3.63, 3.8) is 0 Å². The summed E-state index contributed by atoms with van der Waals surface area (Å²) in [4.78, 5) is 10.5. The molecule has 0 unspecified atom stereocenters. The van der Waals surface area contributed by atoms with E-state index in [9.17, 15) is 0 Å². The van der Waals surface area contributed by atoms with Crippen LogP contribution in [0.25, 0.3) is 0 Å². The number of hydrogen-bond donors (Lipinski definition) is 1. The average molecular weight is 280 g/mol. The smallest absolute Gasteiger partial charge is 0.242 e. The van der Waals surface area contributed by atoms with Gasteiger partial charge in [0.1, 0.15) is 12.0 Å². The largest absolute Gasteiger partial charge is 0.476 e. The lowest BCUT2D eigenvalue weighted by Crippen LogP contribution is -2.30. The summed E-state index contributed by atoms with van der Waals surface area (Å²) in [6, 6.07) is 0. The maximum absolute atomic E-state index is 6.11. The molecule has 2 rings (SSSR count). The van der Waals surface area contributed by atoms with Crippen LogP contribution in [0.5, 0.6) is 5.88 Å². The van der Waals surface area contributed by atoms with Crippen molar-refractivity contribution in [1.82, 2.24) is 9.97 Å². The Morgan fingerprint density at radius 1 is 1.40 bits per heavy atom. The summed E-state index contributed by atoms with van der Waals surface area (Å²) in [6.07, 6.45) is 4.62. The van der Waals surface area contributed by atoms with Gasteiger partial charge in [-0.25, -0.2) is 4.98 Å².